The summed E-state index contributed by atoms with van der Waals surface area (Å²) in [7, 11) is 0. The van der Waals surface area contributed by atoms with Crippen LogP contribution >= 0.6 is 11.6 Å². The van der Waals surface area contributed by atoms with E-state index >= 15 is 0 Å². The monoisotopic (exact) mass is 312 g/mol. The number of carbonyl (C=O) groups excluding carboxylic acids is 2. The summed E-state index contributed by atoms with van der Waals surface area (Å²) in [5, 5.41) is 4.20. The van der Waals surface area contributed by atoms with Crippen molar-refractivity contribution >= 4 is 39.9 Å². The highest BCUT2D eigenvalue weighted by atomic mass is 35.5. The molecule has 3 rings (SSSR count). The first-order chi connectivity index (χ1) is 10.5. The van der Waals surface area contributed by atoms with Crippen LogP contribution in [0.1, 0.15) is 27.8 Å². The number of aromatic nitrogens is 1. The molecular formula is C17H13ClN2O2. The van der Waals surface area contributed by atoms with Crippen LogP contribution in [0, 0.1) is 0 Å². The summed E-state index contributed by atoms with van der Waals surface area (Å²) in [6.45, 7) is 1.49. The van der Waals surface area contributed by atoms with Crippen LogP contribution in [-0.2, 0) is 0 Å². The van der Waals surface area contributed by atoms with E-state index in [1.54, 1.807) is 36.4 Å². The highest BCUT2D eigenvalue weighted by Crippen LogP contribution is 2.24. The van der Waals surface area contributed by atoms with Crippen molar-refractivity contribution in [2.24, 2.45) is 0 Å². The molecule has 22 heavy (non-hydrogen) atoms. The molecule has 1 heterocycles. The number of aromatic amines is 1. The number of nitrogens with one attached hydrogen (secondary N) is 2. The fourth-order valence-corrected chi connectivity index (χ4v) is 2.49. The van der Waals surface area contributed by atoms with E-state index in [0.29, 0.717) is 22.0 Å². The predicted octanol–water partition coefficient (Wildman–Crippen LogP) is 4.28. The van der Waals surface area contributed by atoms with Crippen molar-refractivity contribution in [2.75, 3.05) is 5.32 Å². The van der Waals surface area contributed by atoms with Gasteiger partial charge in [0.05, 0.1) is 10.5 Å². The van der Waals surface area contributed by atoms with Crippen molar-refractivity contribution in [3.63, 3.8) is 0 Å². The second-order valence-corrected chi connectivity index (χ2v) is 5.39. The number of amides is 1. The SMILES string of the molecule is CC(=O)c1cccc(NC(=O)c2cc3cccc(Cl)c3[nH]2)c1. The Kier molecular flexibility index (Phi) is 3.69. The quantitative estimate of drug-likeness (QED) is 0.709. The minimum Gasteiger partial charge on any atom is -0.349 e. The van der Waals surface area contributed by atoms with Crippen molar-refractivity contribution < 1.29 is 9.59 Å². The standard InChI is InChI=1S/C17H13ClN2O2/c1-10(21)11-4-2-6-13(8-11)19-17(22)15-9-12-5-3-7-14(18)16(12)20-15/h2-9,20H,1H3,(H,19,22). The first-order valence-electron chi connectivity index (χ1n) is 6.74. The average molecular weight is 313 g/mol. The summed E-state index contributed by atoms with van der Waals surface area (Å²) in [5.41, 5.74) is 2.27. The second-order valence-electron chi connectivity index (χ2n) is 4.98. The van der Waals surface area contributed by atoms with E-state index < -0.39 is 0 Å². The van der Waals surface area contributed by atoms with Gasteiger partial charge in [0, 0.05) is 16.6 Å². The van der Waals surface area contributed by atoms with Crippen LogP contribution in [0.3, 0.4) is 0 Å². The van der Waals surface area contributed by atoms with Crippen LogP contribution in [0.4, 0.5) is 5.69 Å². The summed E-state index contributed by atoms with van der Waals surface area (Å²) in [6, 6.07) is 14.0. The van der Waals surface area contributed by atoms with Crippen molar-refractivity contribution in [1.82, 2.24) is 4.98 Å². The molecule has 2 N–H and O–H groups in total. The fourth-order valence-electron chi connectivity index (χ4n) is 2.26. The van der Waals surface area contributed by atoms with Gasteiger partial charge in [-0.1, -0.05) is 35.9 Å². The van der Waals surface area contributed by atoms with E-state index in [0.717, 1.165) is 10.9 Å². The smallest absolute Gasteiger partial charge is 0.272 e. The Morgan fingerprint density at radius 2 is 1.86 bits per heavy atom. The molecule has 0 aliphatic carbocycles. The van der Waals surface area contributed by atoms with Crippen LogP contribution in [0.2, 0.25) is 5.02 Å². The van der Waals surface area contributed by atoms with Gasteiger partial charge in [-0.2, -0.15) is 0 Å². The zero-order chi connectivity index (χ0) is 15.7. The molecular weight excluding hydrogens is 300 g/mol. The molecule has 1 amide bonds. The van der Waals surface area contributed by atoms with Gasteiger partial charge in [-0.3, -0.25) is 9.59 Å². The Hall–Kier alpha value is -2.59. The minimum atomic E-state index is -0.284. The molecule has 4 nitrogen and oxygen atoms in total. The second kappa shape index (κ2) is 5.66. The summed E-state index contributed by atoms with van der Waals surface area (Å²) >= 11 is 6.09. The summed E-state index contributed by atoms with van der Waals surface area (Å²) < 4.78 is 0. The number of hydrogen-bond acceptors (Lipinski definition) is 2. The van der Waals surface area contributed by atoms with Gasteiger partial charge in [0.25, 0.3) is 5.91 Å². The van der Waals surface area contributed by atoms with E-state index in [4.69, 9.17) is 11.6 Å². The highest BCUT2D eigenvalue weighted by molar-refractivity contribution is 6.35. The van der Waals surface area contributed by atoms with Gasteiger partial charge < -0.3 is 10.3 Å². The lowest BCUT2D eigenvalue weighted by Crippen LogP contribution is -2.12. The lowest BCUT2D eigenvalue weighted by molar-refractivity contribution is 0.100. The minimum absolute atomic E-state index is 0.0477. The predicted molar refractivity (Wildman–Crippen MR) is 87.7 cm³/mol. The van der Waals surface area contributed by atoms with Crippen LogP contribution in [-0.4, -0.2) is 16.7 Å². The number of carbonyl (C=O) groups is 2. The van der Waals surface area contributed by atoms with E-state index in [2.05, 4.69) is 10.3 Å². The Morgan fingerprint density at radius 1 is 1.09 bits per heavy atom. The summed E-state index contributed by atoms with van der Waals surface area (Å²) in [4.78, 5) is 26.7. The first kappa shape index (κ1) is 14.4. The fraction of sp³-hybridized carbons (Fsp3) is 0.0588. The van der Waals surface area contributed by atoms with Crippen LogP contribution in [0.5, 0.6) is 0 Å². The Labute approximate surface area is 132 Å². The molecule has 0 saturated heterocycles. The maximum Gasteiger partial charge on any atom is 0.272 e. The lowest BCUT2D eigenvalue weighted by atomic mass is 10.1. The number of halogens is 1. The molecule has 3 aromatic rings. The van der Waals surface area contributed by atoms with Crippen LogP contribution in [0.25, 0.3) is 10.9 Å². The highest BCUT2D eigenvalue weighted by Gasteiger charge is 2.11. The number of fused-ring (bicyclic) bond motifs is 1. The van der Waals surface area contributed by atoms with Gasteiger partial charge in [0.1, 0.15) is 5.69 Å². The zero-order valence-corrected chi connectivity index (χ0v) is 12.6. The van der Waals surface area contributed by atoms with Gasteiger partial charge >= 0.3 is 0 Å². The average Bonchev–Trinajstić information content (AvgIpc) is 2.93. The largest absolute Gasteiger partial charge is 0.349 e. The molecule has 0 radical (unpaired) electrons. The van der Waals surface area contributed by atoms with E-state index in [-0.39, 0.29) is 11.7 Å². The Balaban J connectivity index is 1.88. The molecule has 0 unspecified atom stereocenters. The topological polar surface area (TPSA) is 62.0 Å². The van der Waals surface area contributed by atoms with Crippen LogP contribution < -0.4 is 5.32 Å². The number of H-pyrrole nitrogens is 1. The van der Waals surface area contributed by atoms with Crippen molar-refractivity contribution in [3.05, 3.63) is 64.8 Å². The third kappa shape index (κ3) is 2.73. The first-order valence-corrected chi connectivity index (χ1v) is 7.12. The number of benzene rings is 2. The molecule has 2 aromatic carbocycles. The van der Waals surface area contributed by atoms with E-state index in [1.165, 1.54) is 6.92 Å². The molecule has 0 aliphatic heterocycles. The van der Waals surface area contributed by atoms with Crippen molar-refractivity contribution in [2.45, 2.75) is 6.92 Å². The third-order valence-electron chi connectivity index (χ3n) is 3.38. The molecule has 0 atom stereocenters. The number of hydrogen-bond donors (Lipinski definition) is 2. The van der Waals surface area contributed by atoms with Crippen molar-refractivity contribution in [3.8, 4) is 0 Å². The number of para-hydroxylation sites is 1. The van der Waals surface area contributed by atoms with Crippen molar-refractivity contribution in [1.29, 1.82) is 0 Å². The molecule has 110 valence electrons. The Morgan fingerprint density at radius 3 is 2.59 bits per heavy atom. The maximum atomic E-state index is 12.3. The molecule has 1 aromatic heterocycles. The van der Waals surface area contributed by atoms with Gasteiger partial charge in [-0.25, -0.2) is 0 Å². The van der Waals surface area contributed by atoms with Gasteiger partial charge in [-0.15, -0.1) is 0 Å². The third-order valence-corrected chi connectivity index (χ3v) is 3.69. The maximum absolute atomic E-state index is 12.3. The summed E-state index contributed by atoms with van der Waals surface area (Å²) in [6.07, 6.45) is 0. The van der Waals surface area contributed by atoms with Crippen LogP contribution in [0.15, 0.2) is 48.5 Å². The molecule has 0 aliphatic rings. The molecule has 0 saturated carbocycles. The number of anilines is 1. The van der Waals surface area contributed by atoms with Gasteiger partial charge in [-0.05, 0) is 31.2 Å². The molecule has 0 fully saturated rings. The molecule has 5 heteroatoms. The summed E-state index contributed by atoms with van der Waals surface area (Å²) in [5.74, 6) is -0.332. The normalized spacial score (nSPS) is 10.6. The number of ketones is 1. The number of rotatable bonds is 3. The number of Topliss-reactive ketones (excluding diaryl/α,β-unsaturated/α-hetero) is 1. The lowest BCUT2D eigenvalue weighted by Gasteiger charge is -2.05. The molecule has 0 bridgehead atoms. The van der Waals surface area contributed by atoms with E-state index in [1.807, 2.05) is 12.1 Å². The van der Waals surface area contributed by atoms with Gasteiger partial charge in [0.15, 0.2) is 5.78 Å². The van der Waals surface area contributed by atoms with Gasteiger partial charge in [0.2, 0.25) is 0 Å². The zero-order valence-electron chi connectivity index (χ0n) is 11.8. The Bertz CT molecular complexity index is 883. The molecule has 0 spiro atoms. The van der Waals surface area contributed by atoms with E-state index in [9.17, 15) is 9.59 Å².